The second kappa shape index (κ2) is 8.20. The summed E-state index contributed by atoms with van der Waals surface area (Å²) in [6.07, 6.45) is 10.0. The van der Waals surface area contributed by atoms with Gasteiger partial charge in [0, 0.05) is 66.1 Å². The first-order chi connectivity index (χ1) is 14.7. The minimum atomic E-state index is 0.509. The number of aromatic nitrogens is 2. The zero-order valence-electron chi connectivity index (χ0n) is 17.5. The van der Waals surface area contributed by atoms with Gasteiger partial charge in [0.25, 0.3) is 0 Å². The maximum absolute atomic E-state index is 4.82. The van der Waals surface area contributed by atoms with Gasteiger partial charge in [0.2, 0.25) is 0 Å². The van der Waals surface area contributed by atoms with Crippen molar-refractivity contribution >= 4 is 28.2 Å². The molecule has 2 aliphatic heterocycles. The van der Waals surface area contributed by atoms with E-state index < -0.39 is 0 Å². The fraction of sp³-hybridized carbons (Fsp3) is 0.333. The van der Waals surface area contributed by atoms with Crippen LogP contribution in [0.25, 0.3) is 11.9 Å². The van der Waals surface area contributed by atoms with Gasteiger partial charge < -0.3 is 10.2 Å². The van der Waals surface area contributed by atoms with Gasteiger partial charge >= 0.3 is 0 Å². The van der Waals surface area contributed by atoms with Crippen LogP contribution in [0.5, 0.6) is 0 Å². The Morgan fingerprint density at radius 1 is 1.17 bits per heavy atom. The van der Waals surface area contributed by atoms with Crippen LogP contribution in [0, 0.1) is 6.92 Å². The highest BCUT2D eigenvalue weighted by Crippen LogP contribution is 2.35. The zero-order valence-corrected chi connectivity index (χ0v) is 18.3. The van der Waals surface area contributed by atoms with Crippen LogP contribution in [0.1, 0.15) is 22.4 Å². The lowest BCUT2D eigenvalue weighted by atomic mass is 10.0. The number of fused-ring (bicyclic) bond motifs is 2. The van der Waals surface area contributed by atoms with Gasteiger partial charge in [-0.1, -0.05) is 0 Å². The standard InChI is InChI=1S/C24H27N5S/c1-17-14-21-23(22-19(4-3-9-26-22)15-27-24(21)30-17)29-13-12-28(2)20(16-29)6-5-18-7-10-25-11-8-18/h3-4,7-11,14-15,20,27H,5-6,12-13,16H2,1-2H3. The molecule has 0 saturated carbocycles. The average Bonchev–Trinajstić information content (AvgIpc) is 3.07. The Morgan fingerprint density at radius 2 is 2.03 bits per heavy atom. The molecule has 3 aromatic heterocycles. The summed E-state index contributed by atoms with van der Waals surface area (Å²) in [4.78, 5) is 15.4. The van der Waals surface area contributed by atoms with Gasteiger partial charge in [0.15, 0.2) is 0 Å². The number of aryl methyl sites for hydroxylation is 2. The maximum atomic E-state index is 4.82. The van der Waals surface area contributed by atoms with Gasteiger partial charge in [-0.25, -0.2) is 0 Å². The Bertz CT molecular complexity index is 1150. The van der Waals surface area contributed by atoms with Crippen molar-refractivity contribution in [3.8, 4) is 0 Å². The number of anilines is 1. The molecule has 1 atom stereocenters. The summed E-state index contributed by atoms with van der Waals surface area (Å²) in [7, 11) is 2.26. The SMILES string of the molecule is Cc1cc2c(s1)NC=c1cccnc1=C2N1CCN(C)C(CCc2ccncc2)C1. The van der Waals surface area contributed by atoms with Gasteiger partial charge in [-0.2, -0.15) is 0 Å². The minimum absolute atomic E-state index is 0.509. The highest BCUT2D eigenvalue weighted by molar-refractivity contribution is 7.16. The molecule has 1 fully saturated rings. The Kier molecular flexibility index (Phi) is 5.27. The van der Waals surface area contributed by atoms with Gasteiger partial charge in [-0.3, -0.25) is 14.9 Å². The van der Waals surface area contributed by atoms with Crippen molar-refractivity contribution in [1.29, 1.82) is 0 Å². The molecule has 0 spiro atoms. The first-order valence-corrected chi connectivity index (χ1v) is 11.4. The molecule has 30 heavy (non-hydrogen) atoms. The summed E-state index contributed by atoms with van der Waals surface area (Å²) in [5.74, 6) is 0. The lowest BCUT2D eigenvalue weighted by molar-refractivity contribution is 0.128. The average molecular weight is 418 g/mol. The number of hydrogen-bond donors (Lipinski definition) is 1. The summed E-state index contributed by atoms with van der Waals surface area (Å²) in [6, 6.07) is 11.2. The van der Waals surface area contributed by atoms with E-state index in [1.165, 1.54) is 26.7 Å². The van der Waals surface area contributed by atoms with Gasteiger partial charge in [0.1, 0.15) is 5.00 Å². The van der Waals surface area contributed by atoms with E-state index >= 15 is 0 Å². The zero-order chi connectivity index (χ0) is 20.5. The molecular weight excluding hydrogens is 390 g/mol. The molecule has 1 saturated heterocycles. The molecule has 0 amide bonds. The van der Waals surface area contributed by atoms with Crippen LogP contribution in [0.3, 0.4) is 0 Å². The summed E-state index contributed by atoms with van der Waals surface area (Å²) in [5.41, 5.74) is 3.91. The summed E-state index contributed by atoms with van der Waals surface area (Å²) >= 11 is 1.82. The quantitative estimate of drug-likeness (QED) is 0.706. The molecule has 5 heterocycles. The smallest absolute Gasteiger partial charge is 0.102 e. The summed E-state index contributed by atoms with van der Waals surface area (Å²) < 4.78 is 0. The largest absolute Gasteiger partial charge is 0.366 e. The third-order valence-electron chi connectivity index (χ3n) is 6.14. The molecule has 0 aromatic carbocycles. The van der Waals surface area contributed by atoms with Crippen molar-refractivity contribution in [3.63, 3.8) is 0 Å². The van der Waals surface area contributed by atoms with Crippen LogP contribution in [0.4, 0.5) is 5.00 Å². The molecule has 6 heteroatoms. The molecule has 2 aliphatic rings. The number of piperazine rings is 1. The van der Waals surface area contributed by atoms with E-state index in [0.29, 0.717) is 6.04 Å². The molecule has 3 aromatic rings. The van der Waals surface area contributed by atoms with Crippen molar-refractivity contribution in [2.24, 2.45) is 0 Å². The van der Waals surface area contributed by atoms with Crippen molar-refractivity contribution in [2.45, 2.75) is 25.8 Å². The highest BCUT2D eigenvalue weighted by Gasteiger charge is 2.28. The molecule has 0 radical (unpaired) electrons. The van der Waals surface area contributed by atoms with Crippen LogP contribution in [-0.4, -0.2) is 52.5 Å². The highest BCUT2D eigenvalue weighted by atomic mass is 32.1. The molecule has 0 aliphatic carbocycles. The number of thiophene rings is 1. The first kappa shape index (κ1) is 19.3. The number of nitrogens with one attached hydrogen (secondary N) is 1. The van der Waals surface area contributed by atoms with Crippen LogP contribution in [-0.2, 0) is 6.42 Å². The van der Waals surface area contributed by atoms with Crippen LogP contribution >= 0.6 is 11.3 Å². The first-order valence-electron chi connectivity index (χ1n) is 10.6. The third-order valence-corrected chi connectivity index (χ3v) is 7.12. The van der Waals surface area contributed by atoms with E-state index in [4.69, 9.17) is 4.98 Å². The number of nitrogens with zero attached hydrogens (tertiary/aromatic N) is 4. The second-order valence-electron chi connectivity index (χ2n) is 8.15. The maximum Gasteiger partial charge on any atom is 0.102 e. The van der Waals surface area contributed by atoms with Crippen LogP contribution in [0.15, 0.2) is 48.9 Å². The van der Waals surface area contributed by atoms with Crippen LogP contribution < -0.4 is 15.9 Å². The van der Waals surface area contributed by atoms with E-state index in [0.717, 1.165) is 43.0 Å². The lowest BCUT2D eigenvalue weighted by Crippen LogP contribution is -2.52. The molecule has 5 rings (SSSR count). The number of rotatable bonds is 4. The van der Waals surface area contributed by atoms with Crippen molar-refractivity contribution in [2.75, 3.05) is 32.0 Å². The van der Waals surface area contributed by atoms with Gasteiger partial charge in [0.05, 0.1) is 11.0 Å². The Labute approximate surface area is 181 Å². The minimum Gasteiger partial charge on any atom is -0.366 e. The van der Waals surface area contributed by atoms with Crippen molar-refractivity contribution < 1.29 is 0 Å². The number of pyridine rings is 2. The molecule has 154 valence electrons. The van der Waals surface area contributed by atoms with Crippen molar-refractivity contribution in [1.82, 2.24) is 19.8 Å². The van der Waals surface area contributed by atoms with Gasteiger partial charge in [-0.15, -0.1) is 11.3 Å². The normalized spacial score (nSPS) is 18.8. The Balaban J connectivity index is 1.49. The second-order valence-corrected chi connectivity index (χ2v) is 9.41. The predicted molar refractivity (Wildman–Crippen MR) is 124 cm³/mol. The third kappa shape index (κ3) is 3.73. The molecule has 1 unspecified atom stereocenters. The topological polar surface area (TPSA) is 44.3 Å². The lowest BCUT2D eigenvalue weighted by Gasteiger charge is -2.41. The fourth-order valence-electron chi connectivity index (χ4n) is 4.46. The Morgan fingerprint density at radius 3 is 2.90 bits per heavy atom. The monoisotopic (exact) mass is 417 g/mol. The summed E-state index contributed by atoms with van der Waals surface area (Å²) in [5, 5.41) is 6.98. The number of hydrogen-bond acceptors (Lipinski definition) is 6. The van der Waals surface area contributed by atoms with E-state index in [1.54, 1.807) is 0 Å². The number of likely N-dealkylation sites (N-methyl/N-ethyl adjacent to an activating group) is 1. The summed E-state index contributed by atoms with van der Waals surface area (Å²) in [6.45, 7) is 5.27. The van der Waals surface area contributed by atoms with Crippen LogP contribution in [0.2, 0.25) is 0 Å². The molecule has 5 nitrogen and oxygen atoms in total. The van der Waals surface area contributed by atoms with E-state index in [-0.39, 0.29) is 0 Å². The van der Waals surface area contributed by atoms with Crippen molar-refractivity contribution in [3.05, 3.63) is 75.5 Å². The van der Waals surface area contributed by atoms with E-state index in [9.17, 15) is 0 Å². The fourth-order valence-corrected chi connectivity index (χ4v) is 5.35. The van der Waals surface area contributed by atoms with E-state index in [2.05, 4.69) is 64.5 Å². The van der Waals surface area contributed by atoms with Gasteiger partial charge in [-0.05, 0) is 62.7 Å². The predicted octanol–water partition coefficient (Wildman–Crippen LogP) is 2.42. The Hall–Kier alpha value is -2.70. The molecular formula is C24H27N5S. The van der Waals surface area contributed by atoms with E-state index in [1.807, 2.05) is 36.0 Å². The molecule has 0 bridgehead atoms. The molecule has 1 N–H and O–H groups in total.